The molecule has 0 aliphatic heterocycles. The fourth-order valence-electron chi connectivity index (χ4n) is 2.82. The molecule has 9 heteroatoms. The lowest BCUT2D eigenvalue weighted by Gasteiger charge is -2.06. The maximum Gasteiger partial charge on any atom is 0.237 e. The van der Waals surface area contributed by atoms with Gasteiger partial charge in [0.05, 0.1) is 24.7 Å². The summed E-state index contributed by atoms with van der Waals surface area (Å²) in [7, 11) is 1.62. The van der Waals surface area contributed by atoms with Crippen LogP contribution in [0.3, 0.4) is 0 Å². The van der Waals surface area contributed by atoms with Gasteiger partial charge in [-0.1, -0.05) is 35.1 Å². The van der Waals surface area contributed by atoms with Gasteiger partial charge in [-0.05, 0) is 25.1 Å². The van der Waals surface area contributed by atoms with Gasteiger partial charge in [0.1, 0.15) is 11.5 Å². The molecule has 8 nitrogen and oxygen atoms in total. The Morgan fingerprint density at radius 2 is 2.17 bits per heavy atom. The third-order valence-electron chi connectivity index (χ3n) is 4.25. The first-order valence-corrected chi connectivity index (χ1v) is 9.86. The van der Waals surface area contributed by atoms with Crippen LogP contribution in [0, 0.1) is 6.92 Å². The molecule has 0 bridgehead atoms. The summed E-state index contributed by atoms with van der Waals surface area (Å²) in [6, 6.07) is 9.40. The predicted octanol–water partition coefficient (Wildman–Crippen LogP) is 4.38. The largest absolute Gasteiger partial charge is 0.497 e. The summed E-state index contributed by atoms with van der Waals surface area (Å²) in [6.45, 7) is 6.30. The van der Waals surface area contributed by atoms with Gasteiger partial charge in [0.25, 0.3) is 0 Å². The number of aryl methyl sites for hydroxylation is 1. The first-order valence-electron chi connectivity index (χ1n) is 8.88. The summed E-state index contributed by atoms with van der Waals surface area (Å²) >= 11 is 1.47. The number of methoxy groups -OCH3 is 1. The Morgan fingerprint density at radius 3 is 2.93 bits per heavy atom. The molecule has 0 unspecified atom stereocenters. The Kier molecular flexibility index (Phi) is 5.48. The quantitative estimate of drug-likeness (QED) is 0.313. The van der Waals surface area contributed by atoms with Crippen molar-refractivity contribution >= 4 is 11.8 Å². The van der Waals surface area contributed by atoms with Crippen molar-refractivity contribution < 1.29 is 13.7 Å². The van der Waals surface area contributed by atoms with Gasteiger partial charge in [0.2, 0.25) is 11.7 Å². The van der Waals surface area contributed by atoms with E-state index in [1.54, 1.807) is 19.4 Å². The summed E-state index contributed by atoms with van der Waals surface area (Å²) in [5.41, 5.74) is 1.74. The summed E-state index contributed by atoms with van der Waals surface area (Å²) < 4.78 is 18.0. The molecule has 0 atom stereocenters. The van der Waals surface area contributed by atoms with Crippen molar-refractivity contribution in [1.82, 2.24) is 24.9 Å². The highest BCUT2D eigenvalue weighted by Crippen LogP contribution is 2.29. The van der Waals surface area contributed by atoms with E-state index in [-0.39, 0.29) is 0 Å². The van der Waals surface area contributed by atoms with Crippen LogP contribution in [0.1, 0.15) is 11.7 Å². The molecule has 0 aliphatic carbocycles. The lowest BCUT2D eigenvalue weighted by molar-refractivity contribution is 0.391. The Bertz CT molecular complexity index is 1130. The van der Waals surface area contributed by atoms with E-state index in [1.165, 1.54) is 11.8 Å². The van der Waals surface area contributed by atoms with Crippen molar-refractivity contribution in [3.63, 3.8) is 0 Å². The number of hydrogen-bond donors (Lipinski definition) is 0. The summed E-state index contributed by atoms with van der Waals surface area (Å²) in [5, 5.41) is 13.4. The minimum atomic E-state index is 0.469. The van der Waals surface area contributed by atoms with Crippen LogP contribution in [-0.2, 0) is 12.3 Å². The number of ether oxygens (including phenoxy) is 1. The van der Waals surface area contributed by atoms with Crippen LogP contribution >= 0.6 is 11.8 Å². The molecule has 0 N–H and O–H groups in total. The third-order valence-corrected chi connectivity index (χ3v) is 5.20. The first-order chi connectivity index (χ1) is 14.2. The van der Waals surface area contributed by atoms with Crippen molar-refractivity contribution in [1.29, 1.82) is 0 Å². The standard InChI is InChI=1S/C20H19N5O3S/c1-4-9-25-19(16-8-10-27-13(16)2)22-23-20(25)29-12-17-21-18(24-28-17)14-6-5-7-15(11-14)26-3/h4-8,10-11H,1,9,12H2,2-3H3. The normalized spacial score (nSPS) is 11.0. The number of rotatable bonds is 8. The summed E-state index contributed by atoms with van der Waals surface area (Å²) in [5.74, 6) is 3.75. The molecule has 0 fully saturated rings. The predicted molar refractivity (Wildman–Crippen MR) is 109 cm³/mol. The fourth-order valence-corrected chi connectivity index (χ4v) is 3.61. The molecule has 0 aliphatic rings. The molecular formula is C20H19N5O3S. The van der Waals surface area contributed by atoms with E-state index in [0.717, 1.165) is 33.6 Å². The number of furan rings is 1. The molecule has 4 rings (SSSR count). The smallest absolute Gasteiger partial charge is 0.237 e. The average molecular weight is 409 g/mol. The molecule has 3 heterocycles. The van der Waals surface area contributed by atoms with Crippen LogP contribution < -0.4 is 4.74 Å². The van der Waals surface area contributed by atoms with E-state index in [4.69, 9.17) is 13.7 Å². The molecule has 148 valence electrons. The van der Waals surface area contributed by atoms with E-state index >= 15 is 0 Å². The Hall–Kier alpha value is -3.33. The first kappa shape index (κ1) is 19.0. The van der Waals surface area contributed by atoms with E-state index in [2.05, 4.69) is 26.9 Å². The van der Waals surface area contributed by atoms with Gasteiger partial charge in [-0.2, -0.15) is 4.98 Å². The van der Waals surface area contributed by atoms with Crippen molar-refractivity contribution in [3.8, 4) is 28.5 Å². The van der Waals surface area contributed by atoms with Gasteiger partial charge in [-0.3, -0.25) is 4.57 Å². The molecule has 4 aromatic rings. The Labute approximate surface area is 171 Å². The molecule has 0 saturated heterocycles. The SMILES string of the molecule is C=CCn1c(SCc2nc(-c3cccc(OC)c3)no2)nnc1-c1ccoc1C. The number of nitrogens with zero attached hydrogens (tertiary/aromatic N) is 5. The monoisotopic (exact) mass is 409 g/mol. The molecule has 29 heavy (non-hydrogen) atoms. The third kappa shape index (κ3) is 3.95. The van der Waals surface area contributed by atoms with Crippen molar-refractivity contribution in [3.05, 3.63) is 60.9 Å². The zero-order valence-corrected chi connectivity index (χ0v) is 16.8. The molecule has 0 saturated carbocycles. The second-order valence-corrected chi connectivity index (χ2v) is 7.07. The van der Waals surface area contributed by atoms with Gasteiger partial charge in [0, 0.05) is 12.1 Å². The Morgan fingerprint density at radius 1 is 1.28 bits per heavy atom. The maximum absolute atomic E-state index is 5.40. The van der Waals surface area contributed by atoms with Crippen LogP contribution in [0.15, 0.2) is 63.3 Å². The number of aromatic nitrogens is 5. The topological polar surface area (TPSA) is 92.0 Å². The Balaban J connectivity index is 1.52. The molecular weight excluding hydrogens is 390 g/mol. The van der Waals surface area contributed by atoms with Crippen LogP contribution in [0.25, 0.3) is 22.8 Å². The number of allylic oxidation sites excluding steroid dienone is 1. The second-order valence-electron chi connectivity index (χ2n) is 6.13. The van der Waals surface area contributed by atoms with Gasteiger partial charge in [0.15, 0.2) is 11.0 Å². The zero-order valence-electron chi connectivity index (χ0n) is 16.0. The summed E-state index contributed by atoms with van der Waals surface area (Å²) in [6.07, 6.45) is 3.45. The number of thioether (sulfide) groups is 1. The average Bonchev–Trinajstić information content (AvgIpc) is 3.47. The van der Waals surface area contributed by atoms with Crippen LogP contribution in [0.2, 0.25) is 0 Å². The minimum absolute atomic E-state index is 0.469. The van der Waals surface area contributed by atoms with Gasteiger partial charge in [-0.25, -0.2) is 0 Å². The maximum atomic E-state index is 5.40. The van der Waals surface area contributed by atoms with Gasteiger partial charge >= 0.3 is 0 Å². The minimum Gasteiger partial charge on any atom is -0.497 e. The lowest BCUT2D eigenvalue weighted by atomic mass is 10.2. The van der Waals surface area contributed by atoms with Crippen LogP contribution in [-0.4, -0.2) is 32.0 Å². The van der Waals surface area contributed by atoms with Crippen molar-refractivity contribution in [2.24, 2.45) is 0 Å². The second kappa shape index (κ2) is 8.36. The zero-order chi connectivity index (χ0) is 20.2. The highest BCUT2D eigenvalue weighted by Gasteiger charge is 2.18. The fraction of sp³-hybridized carbons (Fsp3) is 0.200. The van der Waals surface area contributed by atoms with E-state index in [0.29, 0.717) is 24.0 Å². The molecule has 3 aromatic heterocycles. The molecule has 0 radical (unpaired) electrons. The summed E-state index contributed by atoms with van der Waals surface area (Å²) in [4.78, 5) is 4.47. The van der Waals surface area contributed by atoms with Gasteiger partial charge in [-0.15, -0.1) is 16.8 Å². The van der Waals surface area contributed by atoms with Crippen molar-refractivity contribution in [2.75, 3.05) is 7.11 Å². The van der Waals surface area contributed by atoms with E-state index in [9.17, 15) is 0 Å². The van der Waals surface area contributed by atoms with E-state index < -0.39 is 0 Å². The van der Waals surface area contributed by atoms with Crippen LogP contribution in [0.5, 0.6) is 5.75 Å². The highest BCUT2D eigenvalue weighted by molar-refractivity contribution is 7.98. The lowest BCUT2D eigenvalue weighted by Crippen LogP contribution is -2.00. The van der Waals surface area contributed by atoms with Gasteiger partial charge < -0.3 is 13.7 Å². The molecule has 1 aromatic carbocycles. The molecule has 0 amide bonds. The number of hydrogen-bond acceptors (Lipinski definition) is 8. The molecule has 0 spiro atoms. The van der Waals surface area contributed by atoms with Crippen molar-refractivity contribution in [2.45, 2.75) is 24.4 Å². The van der Waals surface area contributed by atoms with Crippen LogP contribution in [0.4, 0.5) is 0 Å². The highest BCUT2D eigenvalue weighted by atomic mass is 32.2. The number of benzene rings is 1. The van der Waals surface area contributed by atoms with E-state index in [1.807, 2.05) is 41.8 Å².